The second kappa shape index (κ2) is 4.82. The zero-order valence-electron chi connectivity index (χ0n) is 8.95. The number of aromatic nitrogens is 1. The first-order chi connectivity index (χ1) is 8.08. The van der Waals surface area contributed by atoms with Gasteiger partial charge >= 0.3 is 0 Å². The number of aromatic hydroxyl groups is 1. The van der Waals surface area contributed by atoms with Crippen molar-refractivity contribution in [1.29, 1.82) is 0 Å². The molecule has 0 unspecified atom stereocenters. The molecule has 0 aliphatic rings. The molecule has 2 aromatic rings. The summed E-state index contributed by atoms with van der Waals surface area (Å²) in [7, 11) is 0. The lowest BCUT2D eigenvalue weighted by Gasteiger charge is -2.08. The summed E-state index contributed by atoms with van der Waals surface area (Å²) < 4.78 is 5.49. The molecule has 1 heterocycles. The van der Waals surface area contributed by atoms with Crippen LogP contribution in [0.25, 0.3) is 0 Å². The van der Waals surface area contributed by atoms with E-state index in [4.69, 9.17) is 33.0 Å². The molecule has 0 amide bonds. The minimum atomic E-state index is 0.170. The Bertz CT molecular complexity index is 541. The van der Waals surface area contributed by atoms with Gasteiger partial charge in [-0.3, -0.25) is 0 Å². The van der Waals surface area contributed by atoms with Crippen molar-refractivity contribution < 1.29 is 9.84 Å². The zero-order valence-corrected chi connectivity index (χ0v) is 10.5. The van der Waals surface area contributed by atoms with Gasteiger partial charge in [-0.25, -0.2) is 4.98 Å². The average molecular weight is 270 g/mol. The van der Waals surface area contributed by atoms with Crippen LogP contribution in [-0.2, 0) is 0 Å². The molecule has 5 heteroatoms. The maximum atomic E-state index is 9.14. The van der Waals surface area contributed by atoms with E-state index in [0.717, 1.165) is 5.56 Å². The van der Waals surface area contributed by atoms with Gasteiger partial charge in [0.1, 0.15) is 16.5 Å². The predicted molar refractivity (Wildman–Crippen MR) is 67.2 cm³/mol. The Morgan fingerprint density at radius 3 is 2.47 bits per heavy atom. The zero-order chi connectivity index (χ0) is 12.4. The molecule has 0 fully saturated rings. The number of pyridine rings is 1. The lowest BCUT2D eigenvalue weighted by atomic mass is 10.3. The summed E-state index contributed by atoms with van der Waals surface area (Å²) in [5.41, 5.74) is 0.720. The second-order valence-electron chi connectivity index (χ2n) is 3.45. The number of phenols is 1. The number of hydrogen-bond acceptors (Lipinski definition) is 3. The highest BCUT2D eigenvalue weighted by Crippen LogP contribution is 2.33. The maximum absolute atomic E-state index is 9.14. The first kappa shape index (κ1) is 12.0. The molecule has 17 heavy (non-hydrogen) atoms. The lowest BCUT2D eigenvalue weighted by Crippen LogP contribution is -1.91. The molecule has 0 aliphatic heterocycles. The molecule has 0 bridgehead atoms. The van der Waals surface area contributed by atoms with E-state index in [2.05, 4.69) is 4.98 Å². The number of rotatable bonds is 2. The average Bonchev–Trinajstić information content (AvgIpc) is 2.33. The molecule has 0 saturated heterocycles. The normalized spacial score (nSPS) is 10.3. The molecule has 1 aromatic carbocycles. The van der Waals surface area contributed by atoms with Crippen molar-refractivity contribution in [3.8, 4) is 17.4 Å². The van der Waals surface area contributed by atoms with Crippen LogP contribution in [0.2, 0.25) is 10.0 Å². The van der Waals surface area contributed by atoms with Gasteiger partial charge in [0, 0.05) is 6.20 Å². The van der Waals surface area contributed by atoms with Gasteiger partial charge in [-0.15, -0.1) is 0 Å². The molecule has 2 rings (SSSR count). The van der Waals surface area contributed by atoms with Crippen molar-refractivity contribution in [2.45, 2.75) is 6.92 Å². The molecule has 88 valence electrons. The number of phenolic OH excluding ortho intramolecular Hbond substituents is 1. The van der Waals surface area contributed by atoms with Crippen LogP contribution < -0.4 is 4.74 Å². The first-order valence-corrected chi connectivity index (χ1v) is 5.61. The van der Waals surface area contributed by atoms with Crippen molar-refractivity contribution in [3.05, 3.63) is 46.1 Å². The van der Waals surface area contributed by atoms with Gasteiger partial charge in [-0.2, -0.15) is 0 Å². The van der Waals surface area contributed by atoms with E-state index in [1.165, 1.54) is 18.3 Å². The van der Waals surface area contributed by atoms with E-state index in [1.807, 2.05) is 0 Å². The van der Waals surface area contributed by atoms with E-state index in [-0.39, 0.29) is 5.75 Å². The summed E-state index contributed by atoms with van der Waals surface area (Å²) >= 11 is 11.9. The largest absolute Gasteiger partial charge is 0.508 e. The standard InChI is InChI=1S/C12H9Cl2NO2/c1-7-10(13)6-15-12(11(7)14)17-9-4-2-8(16)3-5-9/h2-6,16H,1H3. The summed E-state index contributed by atoms with van der Waals surface area (Å²) in [6.45, 7) is 1.79. The van der Waals surface area contributed by atoms with E-state index in [1.54, 1.807) is 19.1 Å². The Balaban J connectivity index is 2.30. The van der Waals surface area contributed by atoms with Gasteiger partial charge in [-0.05, 0) is 36.8 Å². The fourth-order valence-corrected chi connectivity index (χ4v) is 1.61. The highest BCUT2D eigenvalue weighted by Gasteiger charge is 2.10. The van der Waals surface area contributed by atoms with Gasteiger partial charge < -0.3 is 9.84 Å². The van der Waals surface area contributed by atoms with Crippen LogP contribution >= 0.6 is 23.2 Å². The molecule has 1 N–H and O–H groups in total. The van der Waals surface area contributed by atoms with Gasteiger partial charge in [0.25, 0.3) is 0 Å². The van der Waals surface area contributed by atoms with Crippen molar-refractivity contribution in [2.24, 2.45) is 0 Å². The smallest absolute Gasteiger partial charge is 0.238 e. The maximum Gasteiger partial charge on any atom is 0.238 e. The summed E-state index contributed by atoms with van der Waals surface area (Å²) in [5, 5.41) is 10.0. The topological polar surface area (TPSA) is 42.4 Å². The van der Waals surface area contributed by atoms with Crippen molar-refractivity contribution in [1.82, 2.24) is 4.98 Å². The molecule has 0 spiro atoms. The van der Waals surface area contributed by atoms with Crippen molar-refractivity contribution in [2.75, 3.05) is 0 Å². The van der Waals surface area contributed by atoms with Crippen molar-refractivity contribution >= 4 is 23.2 Å². The molecular weight excluding hydrogens is 261 g/mol. The van der Waals surface area contributed by atoms with Crippen LogP contribution in [0.3, 0.4) is 0 Å². The second-order valence-corrected chi connectivity index (χ2v) is 4.23. The predicted octanol–water partition coefficient (Wildman–Crippen LogP) is 4.19. The number of nitrogens with zero attached hydrogens (tertiary/aromatic N) is 1. The third kappa shape index (κ3) is 2.62. The number of halogens is 2. The van der Waals surface area contributed by atoms with E-state index in [9.17, 15) is 0 Å². The number of hydrogen-bond donors (Lipinski definition) is 1. The number of benzene rings is 1. The summed E-state index contributed by atoms with van der Waals surface area (Å²) in [6.07, 6.45) is 1.48. The lowest BCUT2D eigenvalue weighted by molar-refractivity contribution is 0.454. The highest BCUT2D eigenvalue weighted by atomic mass is 35.5. The minimum absolute atomic E-state index is 0.170. The van der Waals surface area contributed by atoms with E-state index >= 15 is 0 Å². The van der Waals surface area contributed by atoms with Crippen LogP contribution in [0.1, 0.15) is 5.56 Å². The Hall–Kier alpha value is -1.45. The highest BCUT2D eigenvalue weighted by molar-refractivity contribution is 6.36. The number of ether oxygens (including phenoxy) is 1. The van der Waals surface area contributed by atoms with Gasteiger partial charge in [0.2, 0.25) is 5.88 Å². The van der Waals surface area contributed by atoms with Crippen LogP contribution in [-0.4, -0.2) is 10.1 Å². The molecule has 0 saturated carbocycles. The summed E-state index contributed by atoms with van der Waals surface area (Å²) in [6, 6.07) is 6.28. The Labute approximate surface area is 109 Å². The quantitative estimate of drug-likeness (QED) is 0.889. The third-order valence-electron chi connectivity index (χ3n) is 2.22. The molecule has 0 radical (unpaired) electrons. The fraction of sp³-hybridized carbons (Fsp3) is 0.0833. The van der Waals surface area contributed by atoms with E-state index in [0.29, 0.717) is 21.7 Å². The first-order valence-electron chi connectivity index (χ1n) is 4.85. The SMILES string of the molecule is Cc1c(Cl)cnc(Oc2ccc(O)cc2)c1Cl. The van der Waals surface area contributed by atoms with Crippen LogP contribution in [0, 0.1) is 6.92 Å². The fourth-order valence-electron chi connectivity index (χ4n) is 1.23. The van der Waals surface area contributed by atoms with Gasteiger partial charge in [0.15, 0.2) is 0 Å². The van der Waals surface area contributed by atoms with Crippen LogP contribution in [0.15, 0.2) is 30.5 Å². The Kier molecular flexibility index (Phi) is 3.41. The van der Waals surface area contributed by atoms with Crippen LogP contribution in [0.5, 0.6) is 17.4 Å². The Morgan fingerprint density at radius 2 is 1.82 bits per heavy atom. The molecule has 0 aliphatic carbocycles. The third-order valence-corrected chi connectivity index (χ3v) is 3.05. The Morgan fingerprint density at radius 1 is 1.18 bits per heavy atom. The molecule has 0 atom stereocenters. The molecule has 1 aromatic heterocycles. The van der Waals surface area contributed by atoms with Crippen LogP contribution in [0.4, 0.5) is 0 Å². The minimum Gasteiger partial charge on any atom is -0.508 e. The monoisotopic (exact) mass is 269 g/mol. The summed E-state index contributed by atoms with van der Waals surface area (Å²) in [5.74, 6) is 1.00. The van der Waals surface area contributed by atoms with E-state index < -0.39 is 0 Å². The van der Waals surface area contributed by atoms with Gasteiger partial charge in [0.05, 0.1) is 5.02 Å². The molecule has 3 nitrogen and oxygen atoms in total. The van der Waals surface area contributed by atoms with Crippen molar-refractivity contribution in [3.63, 3.8) is 0 Å². The van der Waals surface area contributed by atoms with Gasteiger partial charge in [-0.1, -0.05) is 23.2 Å². The molecular formula is C12H9Cl2NO2. The summed E-state index contributed by atoms with van der Waals surface area (Å²) in [4.78, 5) is 4.01.